The minimum absolute atomic E-state index is 0.126. The summed E-state index contributed by atoms with van der Waals surface area (Å²) in [5.41, 5.74) is 0.924. The number of hydrogen-bond donors (Lipinski definition) is 2. The van der Waals surface area contributed by atoms with Gasteiger partial charge in [-0.25, -0.2) is 13.4 Å². The summed E-state index contributed by atoms with van der Waals surface area (Å²) in [7, 11) is -1.12. The maximum absolute atomic E-state index is 13.0. The monoisotopic (exact) mass is 457 g/mol. The van der Waals surface area contributed by atoms with Crippen LogP contribution in [0, 0.1) is 0 Å². The molecule has 0 radical (unpaired) electrons. The molecule has 168 valence electrons. The van der Waals surface area contributed by atoms with Crippen LogP contribution < -0.4 is 24.2 Å². The third-order valence-corrected chi connectivity index (χ3v) is 5.75. The number of nitrogens with one attached hydrogen (secondary N) is 2. The Kier molecular flexibility index (Phi) is 7.16. The summed E-state index contributed by atoms with van der Waals surface area (Å²) >= 11 is 0. The molecule has 0 spiro atoms. The summed E-state index contributed by atoms with van der Waals surface area (Å²) in [6, 6.07) is 13.9. The molecule has 0 saturated heterocycles. The molecule has 3 rings (SSSR count). The molecule has 2 N–H and O–H groups in total. The fourth-order valence-corrected chi connectivity index (χ4v) is 4.04. The van der Waals surface area contributed by atoms with Crippen molar-refractivity contribution in [3.8, 4) is 17.4 Å². The van der Waals surface area contributed by atoms with Crippen LogP contribution in [0.3, 0.4) is 0 Å². The van der Waals surface area contributed by atoms with E-state index >= 15 is 0 Å². The van der Waals surface area contributed by atoms with Crippen molar-refractivity contribution in [2.75, 3.05) is 30.9 Å². The minimum atomic E-state index is -4.01. The van der Waals surface area contributed by atoms with Crippen LogP contribution in [0.4, 0.5) is 11.4 Å². The Balaban J connectivity index is 1.83. The van der Waals surface area contributed by atoms with Crippen LogP contribution in [0.5, 0.6) is 17.4 Å². The molecular formula is C22H23N3O6S. The SMILES string of the molecule is CCOc1ccc(C(=O)Nc2ccc(OC)c(S(=O)(=O)Nc3ccc(OC)cc3)c2)cn1. The molecular weight excluding hydrogens is 434 g/mol. The molecule has 3 aromatic rings. The van der Waals surface area contributed by atoms with Gasteiger partial charge < -0.3 is 19.5 Å². The molecule has 1 aromatic heterocycles. The fourth-order valence-electron chi connectivity index (χ4n) is 2.78. The second-order valence-corrected chi connectivity index (χ2v) is 8.12. The highest BCUT2D eigenvalue weighted by Gasteiger charge is 2.21. The number of benzene rings is 2. The summed E-state index contributed by atoms with van der Waals surface area (Å²) in [4.78, 5) is 16.5. The summed E-state index contributed by atoms with van der Waals surface area (Å²) in [6.45, 7) is 2.30. The number of nitrogens with zero attached hydrogens (tertiary/aromatic N) is 1. The number of rotatable bonds is 9. The van der Waals surface area contributed by atoms with Crippen LogP contribution in [-0.4, -0.2) is 40.1 Å². The zero-order valence-electron chi connectivity index (χ0n) is 17.8. The molecule has 0 bridgehead atoms. The Bertz CT molecular complexity index is 1180. The first-order valence-electron chi connectivity index (χ1n) is 9.61. The van der Waals surface area contributed by atoms with Crippen molar-refractivity contribution in [2.24, 2.45) is 0 Å². The van der Waals surface area contributed by atoms with Gasteiger partial charge in [0.05, 0.1) is 26.4 Å². The topological polar surface area (TPSA) is 116 Å². The molecule has 9 nitrogen and oxygen atoms in total. The predicted octanol–water partition coefficient (Wildman–Crippen LogP) is 3.55. The molecule has 0 aliphatic heterocycles. The third-order valence-electron chi connectivity index (χ3n) is 4.34. The second kappa shape index (κ2) is 10.0. The van der Waals surface area contributed by atoms with E-state index < -0.39 is 15.9 Å². The Hall–Kier alpha value is -3.79. The quantitative estimate of drug-likeness (QED) is 0.505. The van der Waals surface area contributed by atoms with Crippen LogP contribution in [-0.2, 0) is 10.0 Å². The number of aromatic nitrogens is 1. The normalized spacial score (nSPS) is 10.8. The van der Waals surface area contributed by atoms with Gasteiger partial charge in [0.15, 0.2) is 0 Å². The first kappa shape index (κ1) is 22.9. The highest BCUT2D eigenvalue weighted by atomic mass is 32.2. The molecule has 1 amide bonds. The largest absolute Gasteiger partial charge is 0.497 e. The van der Waals surface area contributed by atoms with Gasteiger partial charge in [-0.1, -0.05) is 0 Å². The number of carbonyl (C=O) groups excluding carboxylic acids is 1. The number of sulfonamides is 1. The van der Waals surface area contributed by atoms with E-state index in [0.717, 1.165) is 0 Å². The lowest BCUT2D eigenvalue weighted by Crippen LogP contribution is -2.16. The summed E-state index contributed by atoms with van der Waals surface area (Å²) in [6.07, 6.45) is 1.38. The van der Waals surface area contributed by atoms with Gasteiger partial charge in [-0.15, -0.1) is 0 Å². The van der Waals surface area contributed by atoms with Crippen molar-refractivity contribution in [3.05, 3.63) is 66.4 Å². The van der Waals surface area contributed by atoms with Gasteiger partial charge in [-0.2, -0.15) is 0 Å². The average Bonchev–Trinajstić information content (AvgIpc) is 2.80. The Morgan fingerprint density at radius 2 is 1.69 bits per heavy atom. The van der Waals surface area contributed by atoms with Gasteiger partial charge in [-0.3, -0.25) is 9.52 Å². The molecule has 0 saturated carbocycles. The molecule has 32 heavy (non-hydrogen) atoms. The Labute approximate surface area is 186 Å². The van der Waals surface area contributed by atoms with Gasteiger partial charge in [0.1, 0.15) is 16.4 Å². The number of hydrogen-bond acceptors (Lipinski definition) is 7. The number of methoxy groups -OCH3 is 2. The first-order chi connectivity index (χ1) is 15.4. The van der Waals surface area contributed by atoms with Crippen LogP contribution in [0.2, 0.25) is 0 Å². The van der Waals surface area contributed by atoms with E-state index in [1.165, 1.54) is 32.5 Å². The zero-order valence-corrected chi connectivity index (χ0v) is 18.6. The molecule has 0 unspecified atom stereocenters. The second-order valence-electron chi connectivity index (χ2n) is 6.47. The third kappa shape index (κ3) is 5.46. The van der Waals surface area contributed by atoms with Gasteiger partial charge in [0.2, 0.25) is 5.88 Å². The zero-order chi connectivity index (χ0) is 23.1. The molecule has 10 heteroatoms. The predicted molar refractivity (Wildman–Crippen MR) is 120 cm³/mol. The van der Waals surface area contributed by atoms with Crippen LogP contribution >= 0.6 is 0 Å². The fraction of sp³-hybridized carbons (Fsp3) is 0.182. The maximum atomic E-state index is 13.0. The molecule has 0 aliphatic carbocycles. The summed E-state index contributed by atoms with van der Waals surface area (Å²) < 4.78 is 44.0. The number of anilines is 2. The van der Waals surface area contributed by atoms with E-state index in [0.29, 0.717) is 29.5 Å². The van der Waals surface area contributed by atoms with E-state index in [4.69, 9.17) is 14.2 Å². The lowest BCUT2D eigenvalue weighted by atomic mass is 10.2. The molecule has 0 atom stereocenters. The molecule has 2 aromatic carbocycles. The lowest BCUT2D eigenvalue weighted by molar-refractivity contribution is 0.102. The first-order valence-corrected chi connectivity index (χ1v) is 11.1. The Morgan fingerprint density at radius 1 is 0.969 bits per heavy atom. The summed E-state index contributed by atoms with van der Waals surface area (Å²) in [5, 5.41) is 2.67. The van der Waals surface area contributed by atoms with E-state index in [2.05, 4.69) is 15.0 Å². The number of ether oxygens (including phenoxy) is 3. The van der Waals surface area contributed by atoms with Crippen molar-refractivity contribution in [2.45, 2.75) is 11.8 Å². The lowest BCUT2D eigenvalue weighted by Gasteiger charge is -2.14. The highest BCUT2D eigenvalue weighted by molar-refractivity contribution is 7.92. The Morgan fingerprint density at radius 3 is 2.28 bits per heavy atom. The molecule has 0 aliphatic rings. The van der Waals surface area contributed by atoms with Crippen LogP contribution in [0.15, 0.2) is 65.7 Å². The number of carbonyl (C=O) groups is 1. The minimum Gasteiger partial charge on any atom is -0.497 e. The number of pyridine rings is 1. The van der Waals surface area contributed by atoms with Crippen LogP contribution in [0.25, 0.3) is 0 Å². The maximum Gasteiger partial charge on any atom is 0.265 e. The van der Waals surface area contributed by atoms with E-state index in [1.54, 1.807) is 42.5 Å². The van der Waals surface area contributed by atoms with E-state index in [-0.39, 0.29) is 16.3 Å². The van der Waals surface area contributed by atoms with Crippen molar-refractivity contribution in [3.63, 3.8) is 0 Å². The average molecular weight is 458 g/mol. The van der Waals surface area contributed by atoms with Gasteiger partial charge in [0, 0.05) is 23.6 Å². The highest BCUT2D eigenvalue weighted by Crippen LogP contribution is 2.29. The van der Waals surface area contributed by atoms with Crippen molar-refractivity contribution < 1.29 is 27.4 Å². The smallest absolute Gasteiger partial charge is 0.265 e. The van der Waals surface area contributed by atoms with E-state index in [9.17, 15) is 13.2 Å². The van der Waals surface area contributed by atoms with E-state index in [1.807, 2.05) is 6.92 Å². The van der Waals surface area contributed by atoms with Crippen molar-refractivity contribution in [1.29, 1.82) is 0 Å². The van der Waals surface area contributed by atoms with Gasteiger partial charge in [-0.05, 0) is 55.5 Å². The van der Waals surface area contributed by atoms with Crippen LogP contribution in [0.1, 0.15) is 17.3 Å². The van der Waals surface area contributed by atoms with Gasteiger partial charge >= 0.3 is 0 Å². The molecule has 0 fully saturated rings. The molecule has 1 heterocycles. The van der Waals surface area contributed by atoms with Gasteiger partial charge in [0.25, 0.3) is 15.9 Å². The van der Waals surface area contributed by atoms with Crippen molar-refractivity contribution >= 4 is 27.3 Å². The summed E-state index contributed by atoms with van der Waals surface area (Å²) in [5.74, 6) is 0.689. The standard InChI is InChI=1S/C22H23N3O6S/c1-4-31-21-12-5-15(14-23-21)22(26)24-17-8-11-19(30-3)20(13-17)32(27,28)25-16-6-9-18(29-2)10-7-16/h5-14,25H,4H2,1-3H3,(H,24,26). The number of amides is 1. The van der Waals surface area contributed by atoms with Crippen molar-refractivity contribution in [1.82, 2.24) is 4.98 Å².